The minimum atomic E-state index is -0.740. The maximum absolute atomic E-state index is 12.2. The first-order valence-electron chi connectivity index (χ1n) is 12.6. The number of carbonyl (C=O) groups is 2. The van der Waals surface area contributed by atoms with Crippen LogP contribution >= 0.6 is 11.6 Å². The van der Waals surface area contributed by atoms with E-state index in [1.165, 1.54) is 0 Å². The Balaban J connectivity index is 1.52. The summed E-state index contributed by atoms with van der Waals surface area (Å²) in [6.07, 6.45) is 2.80. The van der Waals surface area contributed by atoms with Crippen LogP contribution in [0.3, 0.4) is 0 Å². The van der Waals surface area contributed by atoms with Gasteiger partial charge in [-0.1, -0.05) is 25.4 Å². The summed E-state index contributed by atoms with van der Waals surface area (Å²) in [6, 6.07) is 9.66. The lowest BCUT2D eigenvalue weighted by Gasteiger charge is -2.22. The number of nitrogens with one attached hydrogen (secondary N) is 2. The quantitative estimate of drug-likeness (QED) is 0.270. The molecule has 0 radical (unpaired) electrons. The van der Waals surface area contributed by atoms with Gasteiger partial charge >= 0.3 is 6.03 Å². The molecule has 4 rings (SSSR count). The number of fused-ring (bicyclic) bond motifs is 1. The molecule has 5 N–H and O–H groups in total. The highest BCUT2D eigenvalue weighted by atomic mass is 35.5. The molecule has 0 aliphatic heterocycles. The van der Waals surface area contributed by atoms with Crippen molar-refractivity contribution in [2.75, 3.05) is 31.6 Å². The van der Waals surface area contributed by atoms with Crippen LogP contribution in [0.1, 0.15) is 37.0 Å². The highest BCUT2D eigenvalue weighted by Gasteiger charge is 2.23. The number of nitrogens with two attached hydrogens (primary N) is 1. The van der Waals surface area contributed by atoms with Crippen molar-refractivity contribution < 1.29 is 24.2 Å². The summed E-state index contributed by atoms with van der Waals surface area (Å²) in [5.41, 5.74) is 6.76. The third-order valence-corrected chi connectivity index (χ3v) is 6.50. The molecule has 202 valence electrons. The first-order chi connectivity index (χ1) is 18.3. The lowest BCUT2D eigenvalue weighted by molar-refractivity contribution is 0.0708. The van der Waals surface area contributed by atoms with Gasteiger partial charge in [0.15, 0.2) is 0 Å². The lowest BCUT2D eigenvalue weighted by atomic mass is 10.1. The number of primary amides is 1. The first-order valence-corrected chi connectivity index (χ1v) is 13.0. The van der Waals surface area contributed by atoms with E-state index in [1.54, 1.807) is 42.6 Å². The van der Waals surface area contributed by atoms with Crippen LogP contribution in [0, 0.1) is 0 Å². The largest absolute Gasteiger partial charge is 0.490 e. The van der Waals surface area contributed by atoms with E-state index in [0.717, 1.165) is 25.9 Å². The number of rotatable bonds is 12. The minimum absolute atomic E-state index is 0.00393. The molecule has 1 aliphatic rings. The van der Waals surface area contributed by atoms with Crippen molar-refractivity contribution in [3.63, 3.8) is 0 Å². The average Bonchev–Trinajstić information content (AvgIpc) is 3.71. The lowest BCUT2D eigenvalue weighted by Crippen LogP contribution is -2.35. The SMILES string of the molecule is CCN(CC)C[C@@H](O)COc1cc2nccc(Oc3ccc(NC(=O)NC4CC4)c(Cl)c3)c2cc1C(N)=O. The van der Waals surface area contributed by atoms with E-state index in [4.69, 9.17) is 26.8 Å². The Morgan fingerprint density at radius 2 is 1.95 bits per heavy atom. The molecule has 1 aromatic heterocycles. The minimum Gasteiger partial charge on any atom is -0.490 e. The molecule has 3 aromatic rings. The number of ether oxygens (including phenoxy) is 2. The number of aliphatic hydroxyl groups excluding tert-OH is 1. The van der Waals surface area contributed by atoms with Crippen LogP contribution in [0.15, 0.2) is 42.6 Å². The highest BCUT2D eigenvalue weighted by Crippen LogP contribution is 2.35. The maximum atomic E-state index is 12.2. The number of urea groups is 1. The molecule has 3 amide bonds. The Morgan fingerprint density at radius 3 is 2.61 bits per heavy atom. The van der Waals surface area contributed by atoms with Crippen LogP contribution in [0.4, 0.5) is 10.5 Å². The predicted octanol–water partition coefficient (Wildman–Crippen LogP) is 4.14. The van der Waals surface area contributed by atoms with Gasteiger partial charge in [0.05, 0.1) is 21.8 Å². The van der Waals surface area contributed by atoms with E-state index in [0.29, 0.717) is 39.7 Å². The van der Waals surface area contributed by atoms with Crippen LogP contribution in [0.2, 0.25) is 5.02 Å². The van der Waals surface area contributed by atoms with Crippen LogP contribution < -0.4 is 25.8 Å². The second-order valence-corrected chi connectivity index (χ2v) is 9.51. The molecule has 0 spiro atoms. The summed E-state index contributed by atoms with van der Waals surface area (Å²) in [6.45, 7) is 6.10. The van der Waals surface area contributed by atoms with Crippen molar-refractivity contribution in [1.29, 1.82) is 0 Å². The van der Waals surface area contributed by atoms with Crippen molar-refractivity contribution in [2.45, 2.75) is 38.8 Å². The average molecular weight is 542 g/mol. The van der Waals surface area contributed by atoms with Gasteiger partial charge in [-0.3, -0.25) is 9.78 Å². The van der Waals surface area contributed by atoms with Gasteiger partial charge in [0, 0.05) is 36.3 Å². The monoisotopic (exact) mass is 541 g/mol. The topological polar surface area (TPSA) is 139 Å². The second-order valence-electron chi connectivity index (χ2n) is 9.11. The van der Waals surface area contributed by atoms with Gasteiger partial charge in [-0.25, -0.2) is 4.79 Å². The number of anilines is 1. The second kappa shape index (κ2) is 12.3. The van der Waals surface area contributed by atoms with Crippen molar-refractivity contribution in [3.8, 4) is 17.2 Å². The molecule has 0 bridgehead atoms. The predicted molar refractivity (Wildman–Crippen MR) is 146 cm³/mol. The zero-order valence-corrected chi connectivity index (χ0v) is 22.1. The van der Waals surface area contributed by atoms with E-state index in [-0.39, 0.29) is 30.0 Å². The van der Waals surface area contributed by atoms with Crippen molar-refractivity contribution in [3.05, 3.63) is 53.2 Å². The Hall–Kier alpha value is -3.60. The Bertz CT molecular complexity index is 1310. The summed E-state index contributed by atoms with van der Waals surface area (Å²) in [5, 5.41) is 16.8. The van der Waals surface area contributed by atoms with Crippen LogP contribution in [-0.2, 0) is 0 Å². The van der Waals surface area contributed by atoms with Gasteiger partial charge < -0.3 is 35.8 Å². The van der Waals surface area contributed by atoms with Gasteiger partial charge in [0.25, 0.3) is 5.91 Å². The number of hydrogen-bond donors (Lipinski definition) is 4. The normalized spacial score (nSPS) is 13.8. The molecule has 1 aliphatic carbocycles. The van der Waals surface area contributed by atoms with Crippen LogP contribution in [-0.4, -0.2) is 65.3 Å². The summed E-state index contributed by atoms with van der Waals surface area (Å²) in [7, 11) is 0. The van der Waals surface area contributed by atoms with Gasteiger partial charge in [-0.15, -0.1) is 0 Å². The van der Waals surface area contributed by atoms with Crippen molar-refractivity contribution >= 4 is 40.1 Å². The van der Waals surface area contributed by atoms with E-state index < -0.39 is 12.0 Å². The fourth-order valence-electron chi connectivity index (χ4n) is 3.93. The number of hydrogen-bond acceptors (Lipinski definition) is 7. The number of amides is 3. The highest BCUT2D eigenvalue weighted by molar-refractivity contribution is 6.33. The van der Waals surface area contributed by atoms with Gasteiger partial charge in [0.2, 0.25) is 0 Å². The third kappa shape index (κ3) is 7.03. The smallest absolute Gasteiger partial charge is 0.319 e. The third-order valence-electron chi connectivity index (χ3n) is 6.19. The molecule has 0 saturated heterocycles. The molecule has 38 heavy (non-hydrogen) atoms. The molecule has 1 heterocycles. The molecule has 11 heteroatoms. The number of aliphatic hydroxyl groups is 1. The van der Waals surface area contributed by atoms with Gasteiger partial charge in [-0.2, -0.15) is 0 Å². The zero-order valence-electron chi connectivity index (χ0n) is 21.4. The molecule has 1 saturated carbocycles. The van der Waals surface area contributed by atoms with Crippen molar-refractivity contribution in [2.24, 2.45) is 5.73 Å². The summed E-state index contributed by atoms with van der Waals surface area (Å²) < 4.78 is 11.8. The van der Waals surface area contributed by atoms with Crippen LogP contribution in [0.25, 0.3) is 10.9 Å². The van der Waals surface area contributed by atoms with Gasteiger partial charge in [-0.05, 0) is 50.2 Å². The van der Waals surface area contributed by atoms with E-state index in [9.17, 15) is 14.7 Å². The number of benzene rings is 2. The molecule has 1 atom stereocenters. The van der Waals surface area contributed by atoms with Gasteiger partial charge in [0.1, 0.15) is 30.0 Å². The molecular weight excluding hydrogens is 510 g/mol. The summed E-state index contributed by atoms with van der Waals surface area (Å²) in [5.74, 6) is 0.402. The fraction of sp³-hybridized carbons (Fsp3) is 0.370. The molecular formula is C27H32ClN5O5. The van der Waals surface area contributed by atoms with E-state index >= 15 is 0 Å². The Morgan fingerprint density at radius 1 is 1.18 bits per heavy atom. The van der Waals surface area contributed by atoms with Crippen LogP contribution in [0.5, 0.6) is 17.2 Å². The zero-order chi connectivity index (χ0) is 27.2. The summed E-state index contributed by atoms with van der Waals surface area (Å²) >= 11 is 6.37. The van der Waals surface area contributed by atoms with Crippen molar-refractivity contribution in [1.82, 2.24) is 15.2 Å². The molecule has 0 unspecified atom stereocenters. The number of nitrogens with zero attached hydrogens (tertiary/aromatic N) is 2. The first kappa shape index (κ1) is 27.4. The van der Waals surface area contributed by atoms with E-state index in [1.807, 2.05) is 13.8 Å². The number of halogens is 1. The maximum Gasteiger partial charge on any atom is 0.319 e. The van der Waals surface area contributed by atoms with E-state index in [2.05, 4.69) is 20.5 Å². The molecule has 2 aromatic carbocycles. The fourth-order valence-corrected chi connectivity index (χ4v) is 4.14. The molecule has 10 nitrogen and oxygen atoms in total. The summed E-state index contributed by atoms with van der Waals surface area (Å²) in [4.78, 5) is 30.7. The number of pyridine rings is 1. The number of likely N-dealkylation sites (N-methyl/N-ethyl adjacent to an activating group) is 1. The molecule has 1 fully saturated rings. The Kier molecular flexibility index (Phi) is 8.88. The standard InChI is InChI=1S/C27H32ClN5O5/c1-3-33(4-2)14-17(34)15-37-25-13-23-19(12-20(25)26(29)35)24(9-10-30-23)38-18-7-8-22(21(28)11-18)32-27(36)31-16-5-6-16/h7-13,16-17,34H,3-6,14-15H2,1-2H3,(H2,29,35)(H2,31,32,36)/t17-/m1/s1. The number of aromatic nitrogens is 1. The number of carbonyl (C=O) groups excluding carboxylic acids is 2. The Labute approximate surface area is 226 Å².